The normalized spacial score (nSPS) is 12.1. The summed E-state index contributed by atoms with van der Waals surface area (Å²) in [6, 6.07) is 5.77. The number of nitriles is 1. The van der Waals surface area contributed by atoms with E-state index in [0.29, 0.717) is 10.6 Å². The van der Waals surface area contributed by atoms with Gasteiger partial charge in [-0.05, 0) is 23.0 Å². The second kappa shape index (κ2) is 7.72. The summed E-state index contributed by atoms with van der Waals surface area (Å²) in [7, 11) is 0. The van der Waals surface area contributed by atoms with Crippen LogP contribution in [-0.4, -0.2) is 10.1 Å². The molecule has 27 heavy (non-hydrogen) atoms. The summed E-state index contributed by atoms with van der Waals surface area (Å²) < 4.78 is 0. The van der Waals surface area contributed by atoms with Crippen LogP contribution in [0.25, 0.3) is 0 Å². The standard InChI is InChI=1S/C20H21Cl3N2OS/c1-19(2,3)11-7-10(8-12(16(11)26)20(4,5)6)27-17-14(21)13(9-24)25-18(23)15(17)22/h7-8,26H,1-6H3. The van der Waals surface area contributed by atoms with Crippen molar-refractivity contribution in [1.82, 2.24) is 4.98 Å². The molecule has 0 atom stereocenters. The minimum atomic E-state index is -0.262. The highest BCUT2D eigenvalue weighted by atomic mass is 35.5. The van der Waals surface area contributed by atoms with E-state index in [1.165, 1.54) is 11.8 Å². The summed E-state index contributed by atoms with van der Waals surface area (Å²) >= 11 is 20.0. The summed E-state index contributed by atoms with van der Waals surface area (Å²) in [5.41, 5.74) is 1.15. The lowest BCUT2D eigenvalue weighted by atomic mass is 9.79. The summed E-state index contributed by atoms with van der Waals surface area (Å²) in [6.07, 6.45) is 0. The predicted octanol–water partition coefficient (Wildman–Crippen LogP) is 7.37. The SMILES string of the molecule is CC(C)(C)c1cc(Sc2c(Cl)c(Cl)nc(C#N)c2Cl)cc(C(C)(C)C)c1O. The first-order chi connectivity index (χ1) is 12.3. The third-order valence-corrected chi connectivity index (χ3v) is 6.44. The van der Waals surface area contributed by atoms with E-state index in [1.807, 2.05) is 59.7 Å². The number of phenols is 1. The maximum atomic E-state index is 10.9. The summed E-state index contributed by atoms with van der Waals surface area (Å²) in [6.45, 7) is 12.2. The second-order valence-corrected chi connectivity index (χ2v) is 10.5. The van der Waals surface area contributed by atoms with Gasteiger partial charge in [-0.15, -0.1) is 0 Å². The molecule has 0 fully saturated rings. The first-order valence-corrected chi connectivity index (χ1v) is 10.2. The minimum absolute atomic E-state index is 0.0273. The van der Waals surface area contributed by atoms with Gasteiger partial charge in [0.2, 0.25) is 0 Å². The van der Waals surface area contributed by atoms with Crippen LogP contribution in [0.1, 0.15) is 58.4 Å². The Balaban J connectivity index is 2.72. The van der Waals surface area contributed by atoms with Crippen molar-refractivity contribution in [3.05, 3.63) is 44.2 Å². The van der Waals surface area contributed by atoms with E-state index < -0.39 is 0 Å². The molecule has 1 N–H and O–H groups in total. The Kier molecular flexibility index (Phi) is 6.34. The molecule has 0 saturated heterocycles. The molecule has 0 bridgehead atoms. The first-order valence-electron chi connectivity index (χ1n) is 8.27. The van der Waals surface area contributed by atoms with Gasteiger partial charge in [0.25, 0.3) is 0 Å². The molecule has 1 aromatic heterocycles. The zero-order valence-corrected chi connectivity index (χ0v) is 19.1. The van der Waals surface area contributed by atoms with Gasteiger partial charge in [0.15, 0.2) is 5.69 Å². The molecule has 2 rings (SSSR count). The monoisotopic (exact) mass is 442 g/mol. The van der Waals surface area contributed by atoms with Gasteiger partial charge in [-0.25, -0.2) is 4.98 Å². The fraction of sp³-hybridized carbons (Fsp3) is 0.400. The molecule has 144 valence electrons. The third-order valence-electron chi connectivity index (χ3n) is 4.02. The molecule has 1 aromatic carbocycles. The fourth-order valence-electron chi connectivity index (χ4n) is 2.59. The maximum absolute atomic E-state index is 10.9. The topological polar surface area (TPSA) is 56.9 Å². The van der Waals surface area contributed by atoms with E-state index in [4.69, 9.17) is 34.8 Å². The van der Waals surface area contributed by atoms with E-state index in [9.17, 15) is 10.4 Å². The minimum Gasteiger partial charge on any atom is -0.507 e. The Morgan fingerprint density at radius 1 is 0.963 bits per heavy atom. The van der Waals surface area contributed by atoms with Gasteiger partial charge in [-0.2, -0.15) is 5.26 Å². The molecule has 0 amide bonds. The van der Waals surface area contributed by atoms with Gasteiger partial charge in [0.1, 0.15) is 17.0 Å². The number of hydrogen-bond acceptors (Lipinski definition) is 4. The van der Waals surface area contributed by atoms with Crippen LogP contribution in [0.4, 0.5) is 0 Å². The quantitative estimate of drug-likeness (QED) is 0.492. The van der Waals surface area contributed by atoms with Crippen molar-refractivity contribution in [2.24, 2.45) is 0 Å². The molecule has 1 heterocycles. The maximum Gasteiger partial charge on any atom is 0.162 e. The van der Waals surface area contributed by atoms with Gasteiger partial charge in [-0.3, -0.25) is 0 Å². The largest absolute Gasteiger partial charge is 0.507 e. The van der Waals surface area contributed by atoms with E-state index in [2.05, 4.69) is 4.98 Å². The van der Waals surface area contributed by atoms with Crippen LogP contribution >= 0.6 is 46.6 Å². The Morgan fingerprint density at radius 2 is 1.44 bits per heavy atom. The number of benzene rings is 1. The number of rotatable bonds is 2. The lowest BCUT2D eigenvalue weighted by Gasteiger charge is -2.28. The van der Waals surface area contributed by atoms with Gasteiger partial charge < -0.3 is 5.11 Å². The smallest absolute Gasteiger partial charge is 0.162 e. The van der Waals surface area contributed by atoms with Crippen LogP contribution in [0.3, 0.4) is 0 Å². The first kappa shape index (κ1) is 22.2. The van der Waals surface area contributed by atoms with Crippen molar-refractivity contribution >= 4 is 46.6 Å². The molecular formula is C20H21Cl3N2OS. The van der Waals surface area contributed by atoms with Crippen molar-refractivity contribution in [3.8, 4) is 11.8 Å². The van der Waals surface area contributed by atoms with Gasteiger partial charge >= 0.3 is 0 Å². The van der Waals surface area contributed by atoms with Gasteiger partial charge in [-0.1, -0.05) is 88.1 Å². The molecule has 0 aliphatic rings. The molecule has 0 radical (unpaired) electrons. The zero-order chi connectivity index (χ0) is 20.7. The van der Waals surface area contributed by atoms with Crippen LogP contribution < -0.4 is 0 Å². The van der Waals surface area contributed by atoms with Crippen LogP contribution in [0.2, 0.25) is 15.2 Å². The van der Waals surface area contributed by atoms with Crippen LogP contribution in [0, 0.1) is 11.3 Å². The Hall–Kier alpha value is -1.12. The molecule has 0 saturated carbocycles. The number of phenolic OH excluding ortho intramolecular Hbond substituents is 1. The molecule has 0 aliphatic heterocycles. The number of nitrogens with zero attached hydrogens (tertiary/aromatic N) is 2. The second-order valence-electron chi connectivity index (χ2n) is 8.29. The molecule has 3 nitrogen and oxygen atoms in total. The van der Waals surface area contributed by atoms with Crippen LogP contribution in [-0.2, 0) is 10.8 Å². The Morgan fingerprint density at radius 3 is 1.85 bits per heavy atom. The molecule has 0 spiro atoms. The molecule has 0 aliphatic carbocycles. The average Bonchev–Trinajstić information content (AvgIpc) is 2.53. The molecular weight excluding hydrogens is 423 g/mol. The number of hydrogen-bond donors (Lipinski definition) is 1. The Labute approximate surface area is 179 Å². The van der Waals surface area contributed by atoms with E-state index in [-0.39, 0.29) is 31.7 Å². The van der Waals surface area contributed by atoms with E-state index in [1.54, 1.807) is 0 Å². The van der Waals surface area contributed by atoms with Crippen molar-refractivity contribution in [1.29, 1.82) is 5.26 Å². The summed E-state index contributed by atoms with van der Waals surface area (Å²) in [5, 5.41) is 20.5. The summed E-state index contributed by atoms with van der Waals surface area (Å²) in [4.78, 5) is 5.23. The Bertz CT molecular complexity index is 903. The van der Waals surface area contributed by atoms with Crippen molar-refractivity contribution in [3.63, 3.8) is 0 Å². The number of aromatic hydroxyl groups is 1. The third kappa shape index (κ3) is 4.66. The fourth-order valence-corrected chi connectivity index (χ4v) is 4.38. The van der Waals surface area contributed by atoms with Gasteiger partial charge in [0, 0.05) is 16.0 Å². The van der Waals surface area contributed by atoms with Crippen LogP contribution in [0.15, 0.2) is 21.9 Å². The van der Waals surface area contributed by atoms with E-state index in [0.717, 1.165) is 16.0 Å². The van der Waals surface area contributed by atoms with Crippen molar-refractivity contribution < 1.29 is 5.11 Å². The summed E-state index contributed by atoms with van der Waals surface area (Å²) in [5.74, 6) is 0.294. The van der Waals surface area contributed by atoms with Crippen LogP contribution in [0.5, 0.6) is 5.75 Å². The van der Waals surface area contributed by atoms with Gasteiger partial charge in [0.05, 0.1) is 14.9 Å². The molecule has 0 unspecified atom stereocenters. The molecule has 2 aromatic rings. The lowest BCUT2D eigenvalue weighted by Crippen LogP contribution is -2.17. The number of aromatic nitrogens is 1. The van der Waals surface area contributed by atoms with E-state index >= 15 is 0 Å². The predicted molar refractivity (Wildman–Crippen MR) is 114 cm³/mol. The zero-order valence-electron chi connectivity index (χ0n) is 16.0. The lowest BCUT2D eigenvalue weighted by molar-refractivity contribution is 0.422. The molecule has 7 heteroatoms. The highest BCUT2D eigenvalue weighted by Crippen LogP contribution is 2.46. The van der Waals surface area contributed by atoms with Crippen molar-refractivity contribution in [2.45, 2.75) is 62.2 Å². The number of pyridine rings is 1. The average molecular weight is 444 g/mol. The highest BCUT2D eigenvalue weighted by Gasteiger charge is 2.27. The van der Waals surface area contributed by atoms with Crippen molar-refractivity contribution in [2.75, 3.05) is 0 Å². The highest BCUT2D eigenvalue weighted by molar-refractivity contribution is 7.99. The number of halogens is 3.